The van der Waals surface area contributed by atoms with E-state index in [0.717, 1.165) is 12.8 Å². The number of nitrogens with zero attached hydrogens (tertiary/aromatic N) is 1. The summed E-state index contributed by atoms with van der Waals surface area (Å²) in [6, 6.07) is -1.36. The first kappa shape index (κ1) is 28.8. The number of halogens is 1. The maximum atomic E-state index is 12.7. The van der Waals surface area contributed by atoms with Crippen LogP contribution in [0, 0.1) is 0 Å². The average molecular weight is 469 g/mol. The minimum absolute atomic E-state index is 0.0950. The molecule has 31 heavy (non-hydrogen) atoms. The maximum Gasteiger partial charge on any atom is 0.333 e. The van der Waals surface area contributed by atoms with Gasteiger partial charge in [-0.1, -0.05) is 13.8 Å². The molecule has 6 N–H and O–H groups in total. The Bertz CT molecular complexity index is 742. The summed E-state index contributed by atoms with van der Waals surface area (Å²) in [4.78, 5) is 27.9. The molecule has 1 aliphatic carbocycles. The topological polar surface area (TPSA) is 183 Å². The number of hydrogen-bond donors (Lipinski definition) is 4. The van der Waals surface area contributed by atoms with Gasteiger partial charge in [0.15, 0.2) is 12.6 Å². The summed E-state index contributed by atoms with van der Waals surface area (Å²) < 4.78 is 49.7. The molecule has 1 aliphatic rings. The molecular formula is C18H33FN4O7S. The standard InChI is InChI=1S/C17H29FN4O4.CH4O3S/c1-4-11(5-2)26-13-8-10(16(24)25-6-3)7-12(21-17(19)20)15(13)22-14(23)9-18;1-5(2,3)4/h8,11-13,15H,4-7,9H2,1-3H3,(H,22,23)(H4,19,20,21);1H3,(H,2,3,4). The third kappa shape index (κ3) is 12.3. The Kier molecular flexibility index (Phi) is 12.9. The number of nitrogens with two attached hydrogens (primary N) is 2. The summed E-state index contributed by atoms with van der Waals surface area (Å²) in [5, 5.41) is 2.57. The van der Waals surface area contributed by atoms with Gasteiger partial charge in [0.25, 0.3) is 16.0 Å². The van der Waals surface area contributed by atoms with Gasteiger partial charge in [0.05, 0.1) is 37.2 Å². The molecule has 3 atom stereocenters. The molecule has 0 aromatic heterocycles. The van der Waals surface area contributed by atoms with Crippen LogP contribution in [0.4, 0.5) is 4.39 Å². The highest BCUT2D eigenvalue weighted by Gasteiger charge is 2.38. The number of guanidine groups is 1. The molecule has 0 heterocycles. The largest absolute Gasteiger partial charge is 0.463 e. The first-order valence-electron chi connectivity index (χ1n) is 9.75. The van der Waals surface area contributed by atoms with Crippen molar-refractivity contribution in [2.75, 3.05) is 19.5 Å². The molecule has 0 radical (unpaired) electrons. The maximum absolute atomic E-state index is 12.7. The summed E-state index contributed by atoms with van der Waals surface area (Å²) in [6.45, 7) is 4.70. The van der Waals surface area contributed by atoms with Gasteiger partial charge in [0.1, 0.15) is 0 Å². The Morgan fingerprint density at radius 1 is 1.32 bits per heavy atom. The smallest absolute Gasteiger partial charge is 0.333 e. The van der Waals surface area contributed by atoms with Gasteiger partial charge in [-0.15, -0.1) is 0 Å². The van der Waals surface area contributed by atoms with E-state index < -0.39 is 46.9 Å². The molecule has 11 nitrogen and oxygen atoms in total. The first-order valence-corrected chi connectivity index (χ1v) is 11.6. The van der Waals surface area contributed by atoms with E-state index in [2.05, 4.69) is 10.3 Å². The van der Waals surface area contributed by atoms with Crippen molar-refractivity contribution in [2.45, 2.75) is 64.3 Å². The number of nitrogens with one attached hydrogen (secondary N) is 1. The van der Waals surface area contributed by atoms with E-state index in [9.17, 15) is 22.4 Å². The van der Waals surface area contributed by atoms with Crippen molar-refractivity contribution < 1.29 is 36.4 Å². The predicted octanol–water partition coefficient (Wildman–Crippen LogP) is 0.0537. The summed E-state index contributed by atoms with van der Waals surface area (Å²) in [7, 11) is -3.67. The second kappa shape index (κ2) is 13.9. The lowest BCUT2D eigenvalue weighted by Crippen LogP contribution is -2.54. The van der Waals surface area contributed by atoms with Crippen LogP contribution in [-0.4, -0.2) is 74.6 Å². The van der Waals surface area contributed by atoms with Crippen LogP contribution in [0.1, 0.15) is 40.0 Å². The van der Waals surface area contributed by atoms with Crippen LogP contribution < -0.4 is 16.8 Å². The van der Waals surface area contributed by atoms with Crippen molar-refractivity contribution in [2.24, 2.45) is 16.5 Å². The normalized spacial score (nSPS) is 20.7. The van der Waals surface area contributed by atoms with Gasteiger partial charge in [0, 0.05) is 12.0 Å². The fraction of sp³-hybridized carbons (Fsp3) is 0.722. The molecule has 3 unspecified atom stereocenters. The van der Waals surface area contributed by atoms with Crippen LogP contribution >= 0.6 is 0 Å². The number of ether oxygens (including phenoxy) is 2. The van der Waals surface area contributed by atoms with Gasteiger partial charge in [-0.3, -0.25) is 9.35 Å². The van der Waals surface area contributed by atoms with Crippen LogP contribution in [0.15, 0.2) is 16.6 Å². The Balaban J connectivity index is 0.00000161. The summed E-state index contributed by atoms with van der Waals surface area (Å²) in [5.74, 6) is -1.48. The Hall–Kier alpha value is -2.25. The van der Waals surface area contributed by atoms with Crippen molar-refractivity contribution in [1.82, 2.24) is 5.32 Å². The average Bonchev–Trinajstić information content (AvgIpc) is 2.66. The van der Waals surface area contributed by atoms with Crippen LogP contribution in [0.5, 0.6) is 0 Å². The van der Waals surface area contributed by atoms with E-state index >= 15 is 0 Å². The molecule has 13 heteroatoms. The highest BCUT2D eigenvalue weighted by atomic mass is 32.2. The van der Waals surface area contributed by atoms with Gasteiger partial charge in [-0.2, -0.15) is 8.42 Å². The van der Waals surface area contributed by atoms with Crippen LogP contribution in [-0.2, 0) is 29.2 Å². The molecule has 0 spiro atoms. The number of rotatable bonds is 9. The minimum Gasteiger partial charge on any atom is -0.463 e. The van der Waals surface area contributed by atoms with Crippen molar-refractivity contribution >= 4 is 28.0 Å². The highest BCUT2D eigenvalue weighted by molar-refractivity contribution is 7.85. The van der Waals surface area contributed by atoms with Crippen LogP contribution in [0.3, 0.4) is 0 Å². The van der Waals surface area contributed by atoms with Gasteiger partial charge < -0.3 is 26.3 Å². The van der Waals surface area contributed by atoms with Gasteiger partial charge in [-0.05, 0) is 25.8 Å². The monoisotopic (exact) mass is 468 g/mol. The molecule has 180 valence electrons. The SMILES string of the molecule is CCOC(=O)C1=CC(OC(CC)CC)C(NC(=O)CF)C(N=C(N)N)C1.CS(=O)(=O)O. The molecule has 0 aliphatic heterocycles. The number of hydrogen-bond acceptors (Lipinski definition) is 7. The molecular weight excluding hydrogens is 435 g/mol. The number of esters is 1. The zero-order valence-electron chi connectivity index (χ0n) is 18.2. The Labute approximate surface area is 182 Å². The zero-order valence-corrected chi connectivity index (χ0v) is 19.0. The fourth-order valence-electron chi connectivity index (χ4n) is 2.86. The van der Waals surface area contributed by atoms with Gasteiger partial charge in [-0.25, -0.2) is 14.2 Å². The number of alkyl halides is 1. The molecule has 0 saturated carbocycles. The Morgan fingerprint density at radius 2 is 1.87 bits per heavy atom. The van der Waals surface area contributed by atoms with Gasteiger partial charge in [0.2, 0.25) is 0 Å². The van der Waals surface area contributed by atoms with Crippen LogP contribution in [0.25, 0.3) is 0 Å². The number of aliphatic imine (C=N–C) groups is 1. The molecule has 0 saturated heterocycles. The summed E-state index contributed by atoms with van der Waals surface area (Å²) in [6.07, 6.45) is 3.18. The van der Waals surface area contributed by atoms with Crippen molar-refractivity contribution in [3.05, 3.63) is 11.6 Å². The molecule has 0 aromatic carbocycles. The lowest BCUT2D eigenvalue weighted by atomic mass is 9.88. The first-order chi connectivity index (χ1) is 14.4. The fourth-order valence-corrected chi connectivity index (χ4v) is 2.86. The van der Waals surface area contributed by atoms with Crippen molar-refractivity contribution in [3.63, 3.8) is 0 Å². The van der Waals surface area contributed by atoms with Crippen molar-refractivity contribution in [3.8, 4) is 0 Å². The van der Waals surface area contributed by atoms with Gasteiger partial charge >= 0.3 is 5.97 Å². The summed E-state index contributed by atoms with van der Waals surface area (Å²) >= 11 is 0. The minimum atomic E-state index is -3.67. The molecule has 0 aromatic rings. The number of carbonyl (C=O) groups is 2. The quantitative estimate of drug-likeness (QED) is 0.157. The van der Waals surface area contributed by atoms with E-state index in [0.29, 0.717) is 11.8 Å². The van der Waals surface area contributed by atoms with E-state index in [1.165, 1.54) is 0 Å². The molecule has 1 amide bonds. The van der Waals surface area contributed by atoms with E-state index in [-0.39, 0.29) is 25.1 Å². The molecule has 1 rings (SSSR count). The summed E-state index contributed by atoms with van der Waals surface area (Å²) in [5.41, 5.74) is 11.3. The molecule has 0 bridgehead atoms. The van der Waals surface area contributed by atoms with Crippen LogP contribution in [0.2, 0.25) is 0 Å². The zero-order chi connectivity index (χ0) is 24.2. The van der Waals surface area contributed by atoms with Crippen molar-refractivity contribution in [1.29, 1.82) is 0 Å². The third-order valence-electron chi connectivity index (χ3n) is 4.12. The lowest BCUT2D eigenvalue weighted by molar-refractivity contribution is -0.139. The second-order valence-corrected chi connectivity index (χ2v) is 8.20. The predicted molar refractivity (Wildman–Crippen MR) is 114 cm³/mol. The lowest BCUT2D eigenvalue weighted by Gasteiger charge is -2.36. The number of amides is 1. The molecule has 0 fully saturated rings. The van der Waals surface area contributed by atoms with E-state index in [1.807, 2.05) is 13.8 Å². The third-order valence-corrected chi connectivity index (χ3v) is 4.12. The van der Waals surface area contributed by atoms with E-state index in [1.54, 1.807) is 13.0 Å². The number of carbonyl (C=O) groups excluding carboxylic acids is 2. The highest BCUT2D eigenvalue weighted by Crippen LogP contribution is 2.27. The Morgan fingerprint density at radius 3 is 2.29 bits per heavy atom. The van der Waals surface area contributed by atoms with E-state index in [4.69, 9.17) is 25.5 Å². The second-order valence-electron chi connectivity index (χ2n) is 6.74.